The van der Waals surface area contributed by atoms with Crippen molar-refractivity contribution in [3.63, 3.8) is 0 Å². The van der Waals surface area contributed by atoms with Crippen LogP contribution in [0.1, 0.15) is 5.82 Å². The van der Waals surface area contributed by atoms with Crippen LogP contribution in [0.2, 0.25) is 0 Å². The number of nitrogens with zero attached hydrogens (tertiary/aromatic N) is 2. The Labute approximate surface area is 108 Å². The topological polar surface area (TPSA) is 94.7 Å². The van der Waals surface area contributed by atoms with E-state index in [9.17, 15) is 4.79 Å². The van der Waals surface area contributed by atoms with Gasteiger partial charge >= 0.3 is 5.69 Å². The lowest BCUT2D eigenvalue weighted by Gasteiger charge is -2.03. The zero-order chi connectivity index (χ0) is 13.2. The third kappa shape index (κ3) is 2.25. The number of aromatic nitrogens is 4. The normalized spacial score (nSPS) is 11.0. The van der Waals surface area contributed by atoms with E-state index >= 15 is 0 Å². The Morgan fingerprint density at radius 3 is 2.84 bits per heavy atom. The van der Waals surface area contributed by atoms with E-state index in [1.807, 2.05) is 18.2 Å². The largest absolute Gasteiger partial charge is 0.396 e. The molecule has 0 aliphatic carbocycles. The Morgan fingerprint density at radius 2 is 2.00 bits per heavy atom. The molecule has 0 aliphatic rings. The maximum absolute atomic E-state index is 11.2. The van der Waals surface area contributed by atoms with Crippen molar-refractivity contribution >= 4 is 11.0 Å². The molecule has 3 N–H and O–H groups in total. The molecular formula is C13H12N4O2. The molecule has 2 heterocycles. The van der Waals surface area contributed by atoms with Crippen molar-refractivity contribution in [3.8, 4) is 11.3 Å². The lowest BCUT2D eigenvalue weighted by Crippen LogP contribution is -1.99. The third-order valence-electron chi connectivity index (χ3n) is 2.85. The van der Waals surface area contributed by atoms with Crippen molar-refractivity contribution in [1.29, 1.82) is 0 Å². The van der Waals surface area contributed by atoms with Gasteiger partial charge in [-0.15, -0.1) is 0 Å². The number of nitrogens with one attached hydrogen (secondary N) is 2. The Hall–Kier alpha value is -2.47. The van der Waals surface area contributed by atoms with Gasteiger partial charge in [-0.3, -0.25) is 0 Å². The summed E-state index contributed by atoms with van der Waals surface area (Å²) in [6.07, 6.45) is 2.09. The van der Waals surface area contributed by atoms with Crippen molar-refractivity contribution < 1.29 is 5.11 Å². The Balaban J connectivity index is 2.07. The molecule has 0 fully saturated rings. The van der Waals surface area contributed by atoms with Gasteiger partial charge in [0.15, 0.2) is 0 Å². The van der Waals surface area contributed by atoms with Gasteiger partial charge < -0.3 is 15.1 Å². The summed E-state index contributed by atoms with van der Waals surface area (Å²) in [7, 11) is 0. The van der Waals surface area contributed by atoms with Crippen LogP contribution in [0.5, 0.6) is 0 Å². The van der Waals surface area contributed by atoms with Crippen LogP contribution < -0.4 is 5.69 Å². The fraction of sp³-hybridized carbons (Fsp3) is 0.154. The molecule has 6 heteroatoms. The van der Waals surface area contributed by atoms with Crippen molar-refractivity contribution in [1.82, 2.24) is 19.9 Å². The van der Waals surface area contributed by atoms with Gasteiger partial charge in [-0.2, -0.15) is 0 Å². The predicted octanol–water partition coefficient (Wildman–Crippen LogP) is 0.848. The SMILES string of the molecule is O=c1[nH]c2ccc(-c3ccnc(CCO)n3)cc2[nH]1. The van der Waals surface area contributed by atoms with E-state index in [1.165, 1.54) is 0 Å². The van der Waals surface area contributed by atoms with Crippen LogP contribution in [0.15, 0.2) is 35.3 Å². The number of fused-ring (bicyclic) bond motifs is 1. The molecule has 19 heavy (non-hydrogen) atoms. The third-order valence-corrected chi connectivity index (χ3v) is 2.85. The first-order valence-corrected chi connectivity index (χ1v) is 5.91. The zero-order valence-electron chi connectivity index (χ0n) is 10.1. The molecule has 6 nitrogen and oxygen atoms in total. The van der Waals surface area contributed by atoms with Crippen LogP contribution in [0, 0.1) is 0 Å². The van der Waals surface area contributed by atoms with E-state index in [0.29, 0.717) is 12.2 Å². The molecule has 0 spiro atoms. The van der Waals surface area contributed by atoms with Gasteiger partial charge in [0, 0.05) is 18.2 Å². The second kappa shape index (κ2) is 4.66. The minimum absolute atomic E-state index is 0.0214. The Kier molecular flexibility index (Phi) is 2.85. The fourth-order valence-electron chi connectivity index (χ4n) is 1.97. The summed E-state index contributed by atoms with van der Waals surface area (Å²) in [5.74, 6) is 0.600. The number of hydrogen-bond acceptors (Lipinski definition) is 4. The highest BCUT2D eigenvalue weighted by Crippen LogP contribution is 2.20. The van der Waals surface area contributed by atoms with Crippen LogP contribution in [0.3, 0.4) is 0 Å². The molecule has 3 aromatic rings. The maximum atomic E-state index is 11.2. The van der Waals surface area contributed by atoms with Crippen LogP contribution in [0.4, 0.5) is 0 Å². The van der Waals surface area contributed by atoms with Crippen molar-refractivity contribution in [2.45, 2.75) is 6.42 Å². The average molecular weight is 256 g/mol. The first kappa shape index (κ1) is 11.6. The van der Waals surface area contributed by atoms with E-state index in [0.717, 1.165) is 22.3 Å². The summed E-state index contributed by atoms with van der Waals surface area (Å²) in [5, 5.41) is 8.90. The number of benzene rings is 1. The van der Waals surface area contributed by atoms with Crippen LogP contribution in [0.25, 0.3) is 22.3 Å². The Morgan fingerprint density at radius 1 is 1.16 bits per heavy atom. The predicted molar refractivity (Wildman–Crippen MR) is 70.7 cm³/mol. The summed E-state index contributed by atoms with van der Waals surface area (Å²) < 4.78 is 0. The number of hydrogen-bond donors (Lipinski definition) is 3. The van der Waals surface area contributed by atoms with Gasteiger partial charge in [0.25, 0.3) is 0 Å². The summed E-state index contributed by atoms with van der Waals surface area (Å²) in [6, 6.07) is 7.37. The lowest BCUT2D eigenvalue weighted by atomic mass is 10.1. The van der Waals surface area contributed by atoms with Gasteiger partial charge in [0.05, 0.1) is 23.3 Å². The molecule has 1 aromatic carbocycles. The lowest BCUT2D eigenvalue weighted by molar-refractivity contribution is 0.296. The van der Waals surface area contributed by atoms with Gasteiger partial charge in [-0.05, 0) is 18.2 Å². The van der Waals surface area contributed by atoms with Crippen LogP contribution in [-0.4, -0.2) is 31.6 Å². The molecule has 0 saturated heterocycles. The number of H-pyrrole nitrogens is 2. The molecule has 3 rings (SSSR count). The first-order chi connectivity index (χ1) is 9.26. The van der Waals surface area contributed by atoms with Crippen LogP contribution >= 0.6 is 0 Å². The van der Waals surface area contributed by atoms with Crippen molar-refractivity contribution in [2.24, 2.45) is 0 Å². The highest BCUT2D eigenvalue weighted by atomic mass is 16.3. The van der Waals surface area contributed by atoms with Gasteiger partial charge in [0.2, 0.25) is 0 Å². The fourth-order valence-corrected chi connectivity index (χ4v) is 1.97. The second-order valence-corrected chi connectivity index (χ2v) is 4.17. The smallest absolute Gasteiger partial charge is 0.323 e. The molecule has 96 valence electrons. The second-order valence-electron chi connectivity index (χ2n) is 4.17. The molecule has 0 saturated carbocycles. The standard InChI is InChI=1S/C13H12N4O2/c18-6-4-12-14-5-3-9(15-12)8-1-2-10-11(7-8)17-13(19)16-10/h1-3,5,7,18H,4,6H2,(H2,16,17,19). The minimum atomic E-state index is -0.226. The Bertz CT molecular complexity index is 775. The molecule has 0 radical (unpaired) electrons. The number of imidazole rings is 1. The molecule has 0 aliphatic heterocycles. The molecular weight excluding hydrogens is 244 g/mol. The monoisotopic (exact) mass is 256 g/mol. The molecule has 0 atom stereocenters. The minimum Gasteiger partial charge on any atom is -0.396 e. The van der Waals surface area contributed by atoms with Crippen molar-refractivity contribution in [2.75, 3.05) is 6.61 Å². The molecule has 0 bridgehead atoms. The number of aliphatic hydroxyl groups is 1. The molecule has 0 amide bonds. The number of rotatable bonds is 3. The average Bonchev–Trinajstić information content (AvgIpc) is 2.78. The van der Waals surface area contributed by atoms with Gasteiger partial charge in [0.1, 0.15) is 5.82 Å². The van der Waals surface area contributed by atoms with E-state index < -0.39 is 0 Å². The summed E-state index contributed by atoms with van der Waals surface area (Å²) in [6.45, 7) is 0.0214. The first-order valence-electron chi connectivity index (χ1n) is 5.91. The zero-order valence-corrected chi connectivity index (χ0v) is 10.1. The van der Waals surface area contributed by atoms with E-state index in [1.54, 1.807) is 12.3 Å². The van der Waals surface area contributed by atoms with E-state index in [4.69, 9.17) is 5.11 Å². The van der Waals surface area contributed by atoms with E-state index in [-0.39, 0.29) is 12.3 Å². The highest BCUT2D eigenvalue weighted by molar-refractivity contribution is 5.80. The highest BCUT2D eigenvalue weighted by Gasteiger charge is 2.05. The number of aliphatic hydroxyl groups excluding tert-OH is 1. The quantitative estimate of drug-likeness (QED) is 0.647. The maximum Gasteiger partial charge on any atom is 0.323 e. The van der Waals surface area contributed by atoms with Gasteiger partial charge in [-0.25, -0.2) is 14.8 Å². The molecule has 0 unspecified atom stereocenters. The van der Waals surface area contributed by atoms with Crippen LogP contribution in [-0.2, 0) is 6.42 Å². The van der Waals surface area contributed by atoms with Crippen molar-refractivity contribution in [3.05, 3.63) is 46.8 Å². The number of aromatic amines is 2. The molecule has 2 aromatic heterocycles. The summed E-state index contributed by atoms with van der Waals surface area (Å²) >= 11 is 0. The summed E-state index contributed by atoms with van der Waals surface area (Å²) in [4.78, 5) is 25.1. The summed E-state index contributed by atoms with van der Waals surface area (Å²) in [5.41, 5.74) is 2.94. The van der Waals surface area contributed by atoms with Gasteiger partial charge in [-0.1, -0.05) is 6.07 Å². The van der Waals surface area contributed by atoms with E-state index in [2.05, 4.69) is 19.9 Å².